The highest BCUT2D eigenvalue weighted by molar-refractivity contribution is 6.31. The molecule has 0 radical (unpaired) electrons. The van der Waals surface area contributed by atoms with Crippen LogP contribution in [0.2, 0.25) is 5.02 Å². The second-order valence-corrected chi connectivity index (χ2v) is 5.36. The van der Waals surface area contributed by atoms with Crippen molar-refractivity contribution in [1.82, 2.24) is 5.32 Å². The Morgan fingerprint density at radius 2 is 1.88 bits per heavy atom. The van der Waals surface area contributed by atoms with Crippen LogP contribution in [0.5, 0.6) is 5.75 Å². The fourth-order valence-electron chi connectivity index (χ4n) is 1.94. The average Bonchev–Trinajstić information content (AvgIpc) is 2.59. The lowest BCUT2D eigenvalue weighted by Gasteiger charge is -2.09. The van der Waals surface area contributed by atoms with Crippen LogP contribution >= 0.6 is 11.6 Å². The van der Waals surface area contributed by atoms with Gasteiger partial charge in [-0.3, -0.25) is 9.59 Å². The molecule has 0 bridgehead atoms. The summed E-state index contributed by atoms with van der Waals surface area (Å²) >= 11 is 5.81. The Morgan fingerprint density at radius 3 is 2.58 bits per heavy atom. The van der Waals surface area contributed by atoms with Crippen molar-refractivity contribution >= 4 is 23.5 Å². The summed E-state index contributed by atoms with van der Waals surface area (Å²) in [5.74, 6) is -2.32. The van der Waals surface area contributed by atoms with Crippen molar-refractivity contribution in [3.05, 3.63) is 64.4 Å². The SMILES string of the molecule is O=C(CNC(=O)c1cccc(OC(F)F)c1)OCc1c(F)cccc1Cl. The second kappa shape index (κ2) is 9.10. The molecule has 2 aromatic carbocycles. The lowest BCUT2D eigenvalue weighted by molar-refractivity contribution is -0.143. The highest BCUT2D eigenvalue weighted by Crippen LogP contribution is 2.19. The van der Waals surface area contributed by atoms with E-state index in [0.29, 0.717) is 0 Å². The fraction of sp³-hybridized carbons (Fsp3) is 0.176. The first-order valence-corrected chi connectivity index (χ1v) is 7.66. The summed E-state index contributed by atoms with van der Waals surface area (Å²) in [5.41, 5.74) is 0.0405. The summed E-state index contributed by atoms with van der Waals surface area (Å²) in [6.45, 7) is -3.91. The molecule has 1 N–H and O–H groups in total. The minimum Gasteiger partial charge on any atom is -0.459 e. The zero-order chi connectivity index (χ0) is 19.1. The highest BCUT2D eigenvalue weighted by Gasteiger charge is 2.13. The molecular formula is C17H13ClF3NO4. The topological polar surface area (TPSA) is 64.6 Å². The van der Waals surface area contributed by atoms with Gasteiger partial charge in [-0.1, -0.05) is 23.7 Å². The number of ether oxygens (including phenoxy) is 2. The molecule has 0 spiro atoms. The predicted octanol–water partition coefficient (Wildman–Crippen LogP) is 3.55. The van der Waals surface area contributed by atoms with Crippen molar-refractivity contribution in [3.63, 3.8) is 0 Å². The van der Waals surface area contributed by atoms with Crippen LogP contribution in [0, 0.1) is 5.82 Å². The lowest BCUT2D eigenvalue weighted by atomic mass is 10.2. The van der Waals surface area contributed by atoms with Crippen LogP contribution in [-0.2, 0) is 16.1 Å². The second-order valence-electron chi connectivity index (χ2n) is 4.95. The van der Waals surface area contributed by atoms with E-state index >= 15 is 0 Å². The summed E-state index contributed by atoms with van der Waals surface area (Å²) in [4.78, 5) is 23.6. The van der Waals surface area contributed by atoms with E-state index in [1.54, 1.807) is 0 Å². The van der Waals surface area contributed by atoms with Crippen molar-refractivity contribution in [2.75, 3.05) is 6.54 Å². The van der Waals surface area contributed by atoms with Gasteiger partial charge in [0.1, 0.15) is 24.7 Å². The molecule has 9 heteroatoms. The van der Waals surface area contributed by atoms with Crippen LogP contribution in [-0.4, -0.2) is 25.0 Å². The number of hydrogen-bond donors (Lipinski definition) is 1. The molecule has 0 aliphatic carbocycles. The van der Waals surface area contributed by atoms with Gasteiger partial charge in [0.15, 0.2) is 0 Å². The Morgan fingerprint density at radius 1 is 1.15 bits per heavy atom. The first kappa shape index (κ1) is 19.6. The van der Waals surface area contributed by atoms with E-state index in [1.807, 2.05) is 0 Å². The molecule has 0 aromatic heterocycles. The molecule has 0 aliphatic rings. The zero-order valence-corrected chi connectivity index (χ0v) is 13.9. The molecule has 0 saturated heterocycles. The number of esters is 1. The van der Waals surface area contributed by atoms with Crippen LogP contribution in [0.15, 0.2) is 42.5 Å². The molecule has 2 aromatic rings. The third kappa shape index (κ3) is 5.66. The smallest absolute Gasteiger partial charge is 0.387 e. The molecule has 0 unspecified atom stereocenters. The van der Waals surface area contributed by atoms with Gasteiger partial charge in [0.2, 0.25) is 0 Å². The number of benzene rings is 2. The standard InChI is InChI=1S/C17H13ClF3NO4/c18-13-5-2-6-14(19)12(13)9-25-15(23)8-22-16(24)10-3-1-4-11(7-10)26-17(20)21/h1-7,17H,8-9H2,(H,22,24). The molecule has 2 rings (SSSR count). The van der Waals surface area contributed by atoms with E-state index < -0.39 is 37.5 Å². The van der Waals surface area contributed by atoms with E-state index in [4.69, 9.17) is 16.3 Å². The zero-order valence-electron chi connectivity index (χ0n) is 13.2. The first-order valence-electron chi connectivity index (χ1n) is 7.28. The summed E-state index contributed by atoms with van der Waals surface area (Å²) in [7, 11) is 0. The van der Waals surface area contributed by atoms with Crippen molar-refractivity contribution in [2.45, 2.75) is 13.2 Å². The maximum absolute atomic E-state index is 13.6. The van der Waals surface area contributed by atoms with Gasteiger partial charge in [0.05, 0.1) is 5.02 Å². The Labute approximate surface area is 151 Å². The van der Waals surface area contributed by atoms with Gasteiger partial charge >= 0.3 is 12.6 Å². The van der Waals surface area contributed by atoms with Crippen molar-refractivity contribution in [2.24, 2.45) is 0 Å². The molecule has 0 atom stereocenters. The highest BCUT2D eigenvalue weighted by atomic mass is 35.5. The monoisotopic (exact) mass is 387 g/mol. The number of hydrogen-bond acceptors (Lipinski definition) is 4. The molecule has 26 heavy (non-hydrogen) atoms. The summed E-state index contributed by atoms with van der Waals surface area (Å²) in [6.07, 6.45) is 0. The number of amides is 1. The number of carbonyl (C=O) groups excluding carboxylic acids is 2. The van der Waals surface area contributed by atoms with Gasteiger partial charge in [-0.15, -0.1) is 0 Å². The summed E-state index contributed by atoms with van der Waals surface area (Å²) in [6, 6.07) is 9.11. The van der Waals surface area contributed by atoms with Crippen molar-refractivity contribution in [3.8, 4) is 5.75 Å². The van der Waals surface area contributed by atoms with Crippen molar-refractivity contribution < 1.29 is 32.2 Å². The predicted molar refractivity (Wildman–Crippen MR) is 86.6 cm³/mol. The van der Waals surface area contributed by atoms with Gasteiger partial charge < -0.3 is 14.8 Å². The van der Waals surface area contributed by atoms with E-state index in [-0.39, 0.29) is 21.9 Å². The minimum atomic E-state index is -3.02. The fourth-order valence-corrected chi connectivity index (χ4v) is 2.16. The third-order valence-corrected chi connectivity index (χ3v) is 3.51. The minimum absolute atomic E-state index is 0.0192. The molecule has 0 heterocycles. The van der Waals surface area contributed by atoms with E-state index in [9.17, 15) is 22.8 Å². The molecule has 0 saturated carbocycles. The maximum Gasteiger partial charge on any atom is 0.387 e. The van der Waals surface area contributed by atoms with Gasteiger partial charge in [0, 0.05) is 11.1 Å². The van der Waals surface area contributed by atoms with Crippen LogP contribution in [0.4, 0.5) is 13.2 Å². The van der Waals surface area contributed by atoms with Crippen LogP contribution in [0.1, 0.15) is 15.9 Å². The van der Waals surface area contributed by atoms with E-state index in [2.05, 4.69) is 10.1 Å². The number of carbonyl (C=O) groups is 2. The van der Waals surface area contributed by atoms with E-state index in [0.717, 1.165) is 6.07 Å². The normalized spacial score (nSPS) is 10.5. The first-order chi connectivity index (χ1) is 12.4. The van der Waals surface area contributed by atoms with Crippen LogP contribution < -0.4 is 10.1 Å². The number of alkyl halides is 2. The van der Waals surface area contributed by atoms with Gasteiger partial charge in [-0.25, -0.2) is 4.39 Å². The van der Waals surface area contributed by atoms with Gasteiger partial charge in [0.25, 0.3) is 5.91 Å². The number of halogens is 4. The Kier molecular flexibility index (Phi) is 6.85. The molecule has 138 valence electrons. The molecular weight excluding hydrogens is 375 g/mol. The third-order valence-electron chi connectivity index (χ3n) is 3.15. The molecule has 1 amide bonds. The Hall–Kier alpha value is -2.74. The average molecular weight is 388 g/mol. The number of rotatable bonds is 7. The molecule has 0 fully saturated rings. The Balaban J connectivity index is 1.86. The molecule has 0 aliphatic heterocycles. The summed E-state index contributed by atoms with van der Waals surface area (Å²) in [5, 5.41) is 2.37. The largest absolute Gasteiger partial charge is 0.459 e. The Bertz CT molecular complexity index is 781. The van der Waals surface area contributed by atoms with Gasteiger partial charge in [-0.2, -0.15) is 8.78 Å². The van der Waals surface area contributed by atoms with Crippen molar-refractivity contribution in [1.29, 1.82) is 0 Å². The number of nitrogens with one attached hydrogen (secondary N) is 1. The van der Waals surface area contributed by atoms with Gasteiger partial charge in [-0.05, 0) is 30.3 Å². The summed E-state index contributed by atoms with van der Waals surface area (Å²) < 4.78 is 46.9. The lowest BCUT2D eigenvalue weighted by Crippen LogP contribution is -2.30. The van der Waals surface area contributed by atoms with E-state index in [1.165, 1.54) is 36.4 Å². The van der Waals surface area contributed by atoms with Crippen LogP contribution in [0.25, 0.3) is 0 Å². The van der Waals surface area contributed by atoms with Crippen LogP contribution in [0.3, 0.4) is 0 Å². The maximum atomic E-state index is 13.6. The quantitative estimate of drug-likeness (QED) is 0.738. The molecule has 5 nitrogen and oxygen atoms in total.